The van der Waals surface area contributed by atoms with Gasteiger partial charge in [-0.15, -0.1) is 0 Å². The average molecular weight is 526 g/mol. The summed E-state index contributed by atoms with van der Waals surface area (Å²) in [6.45, 7) is -0.658. The van der Waals surface area contributed by atoms with Crippen LogP contribution in [0.1, 0.15) is 20.8 Å². The summed E-state index contributed by atoms with van der Waals surface area (Å²) in [7, 11) is 0. The molecule has 2 heterocycles. The number of benzene rings is 2. The normalized spacial score (nSPS) is 11.7. The second-order valence-corrected chi connectivity index (χ2v) is 8.50. The van der Waals surface area contributed by atoms with E-state index in [0.29, 0.717) is 22.0 Å². The first-order valence-corrected chi connectivity index (χ1v) is 11.6. The first-order chi connectivity index (χ1) is 17.4. The maximum absolute atomic E-state index is 13.3. The van der Waals surface area contributed by atoms with Crippen LogP contribution in [0.2, 0.25) is 10.0 Å². The lowest BCUT2D eigenvalue weighted by atomic mass is 10.1. The smallest absolute Gasteiger partial charge is 0.271 e. The van der Waals surface area contributed by atoms with E-state index in [1.54, 1.807) is 54.7 Å². The molecule has 0 aliphatic carbocycles. The number of hydrogen-bond donors (Lipinski definition) is 4. The first-order valence-electron chi connectivity index (χ1n) is 10.8. The van der Waals surface area contributed by atoms with Crippen LogP contribution in [0.15, 0.2) is 72.9 Å². The van der Waals surface area contributed by atoms with Crippen LogP contribution in [-0.4, -0.2) is 56.0 Å². The molecule has 0 spiro atoms. The number of para-hydroxylation sites is 1. The van der Waals surface area contributed by atoms with Gasteiger partial charge in [-0.1, -0.05) is 47.5 Å². The maximum Gasteiger partial charge on any atom is 0.271 e. The Morgan fingerprint density at radius 3 is 2.42 bits per heavy atom. The minimum absolute atomic E-state index is 0.00401. The highest BCUT2D eigenvalue weighted by atomic mass is 35.5. The molecule has 4 N–H and O–H groups in total. The fourth-order valence-corrected chi connectivity index (χ4v) is 3.90. The maximum atomic E-state index is 13.3. The van der Waals surface area contributed by atoms with Crippen LogP contribution in [0.25, 0.3) is 16.9 Å². The van der Waals surface area contributed by atoms with Crippen molar-refractivity contribution in [3.05, 3.63) is 94.2 Å². The molecule has 0 saturated carbocycles. The van der Waals surface area contributed by atoms with E-state index in [1.807, 2.05) is 6.07 Å². The lowest BCUT2D eigenvalue weighted by Crippen LogP contribution is -2.34. The SMILES string of the molecule is O=C(NC[C@@H](O)CO)c1cc(NC(=O)c2cc(-c3ccccn3)c(Cl)cc2Cl)n(-c2ccccc2)n1. The molecule has 0 fully saturated rings. The molecule has 4 rings (SSSR count). The van der Waals surface area contributed by atoms with E-state index in [0.717, 1.165) is 0 Å². The van der Waals surface area contributed by atoms with E-state index >= 15 is 0 Å². The molecule has 184 valence electrons. The highest BCUT2D eigenvalue weighted by molar-refractivity contribution is 6.38. The minimum Gasteiger partial charge on any atom is -0.394 e. The molecule has 0 aliphatic heterocycles. The van der Waals surface area contributed by atoms with Crippen molar-refractivity contribution in [2.45, 2.75) is 6.10 Å². The van der Waals surface area contributed by atoms with Gasteiger partial charge in [-0.2, -0.15) is 5.10 Å². The molecule has 0 saturated heterocycles. The number of amides is 2. The molecular weight excluding hydrogens is 505 g/mol. The largest absolute Gasteiger partial charge is 0.394 e. The van der Waals surface area contributed by atoms with Gasteiger partial charge in [0.25, 0.3) is 11.8 Å². The zero-order chi connectivity index (χ0) is 25.7. The van der Waals surface area contributed by atoms with Crippen LogP contribution in [-0.2, 0) is 0 Å². The summed E-state index contributed by atoms with van der Waals surface area (Å²) in [5, 5.41) is 28.5. The standard InChI is InChI=1S/C25H21Cl2N5O4/c26-19-11-20(27)18(10-17(19)21-8-4-5-9-28-21)24(35)30-23-12-22(25(36)29-13-16(34)14-33)31-32(23)15-6-2-1-3-7-15/h1-12,16,33-34H,13-14H2,(H,29,36)(H,30,35)/t16-/m1/s1. The molecule has 0 radical (unpaired) electrons. The predicted octanol–water partition coefficient (Wildman–Crippen LogP) is 3.58. The van der Waals surface area contributed by atoms with Crippen LogP contribution in [0.3, 0.4) is 0 Å². The molecule has 0 bridgehead atoms. The fourth-order valence-electron chi connectivity index (χ4n) is 3.34. The van der Waals surface area contributed by atoms with Gasteiger partial charge in [-0.05, 0) is 36.4 Å². The molecule has 2 aromatic carbocycles. The fraction of sp³-hybridized carbons (Fsp3) is 0.120. The van der Waals surface area contributed by atoms with Crippen LogP contribution in [0.5, 0.6) is 0 Å². The summed E-state index contributed by atoms with van der Waals surface area (Å²) in [6, 6.07) is 18.7. The third kappa shape index (κ3) is 5.72. The molecule has 11 heteroatoms. The Labute approximate surface area is 216 Å². The second-order valence-electron chi connectivity index (χ2n) is 7.69. The number of hydrogen-bond acceptors (Lipinski definition) is 6. The van der Waals surface area contributed by atoms with Gasteiger partial charge >= 0.3 is 0 Å². The van der Waals surface area contributed by atoms with Crippen molar-refractivity contribution in [1.29, 1.82) is 0 Å². The van der Waals surface area contributed by atoms with Crippen molar-refractivity contribution < 1.29 is 19.8 Å². The number of anilines is 1. The number of carbonyl (C=O) groups is 2. The number of nitrogens with one attached hydrogen (secondary N) is 2. The topological polar surface area (TPSA) is 129 Å². The second kappa shape index (κ2) is 11.3. The molecular formula is C25H21Cl2N5O4. The number of pyridine rings is 1. The lowest BCUT2D eigenvalue weighted by molar-refractivity contribution is 0.0798. The molecule has 0 aliphatic rings. The van der Waals surface area contributed by atoms with E-state index < -0.39 is 24.5 Å². The Hall–Kier alpha value is -3.76. The number of rotatable bonds is 8. The van der Waals surface area contributed by atoms with E-state index in [2.05, 4.69) is 20.7 Å². The van der Waals surface area contributed by atoms with Crippen molar-refractivity contribution in [3.8, 4) is 16.9 Å². The third-order valence-electron chi connectivity index (χ3n) is 5.14. The Morgan fingerprint density at radius 1 is 0.972 bits per heavy atom. The summed E-state index contributed by atoms with van der Waals surface area (Å²) < 4.78 is 1.40. The van der Waals surface area contributed by atoms with Crippen molar-refractivity contribution in [2.24, 2.45) is 0 Å². The number of nitrogens with zero attached hydrogens (tertiary/aromatic N) is 3. The van der Waals surface area contributed by atoms with Gasteiger partial charge in [-0.25, -0.2) is 4.68 Å². The summed E-state index contributed by atoms with van der Waals surface area (Å²) in [4.78, 5) is 30.1. The van der Waals surface area contributed by atoms with Gasteiger partial charge in [-0.3, -0.25) is 14.6 Å². The van der Waals surface area contributed by atoms with Crippen LogP contribution < -0.4 is 10.6 Å². The molecule has 2 amide bonds. The van der Waals surface area contributed by atoms with Gasteiger partial charge in [0.15, 0.2) is 5.69 Å². The van der Waals surface area contributed by atoms with Gasteiger partial charge in [0.1, 0.15) is 5.82 Å². The van der Waals surface area contributed by atoms with Gasteiger partial charge < -0.3 is 20.8 Å². The zero-order valence-corrected chi connectivity index (χ0v) is 20.2. The number of aromatic nitrogens is 3. The number of aliphatic hydroxyl groups excluding tert-OH is 2. The number of halogens is 2. The number of aliphatic hydroxyl groups is 2. The van der Waals surface area contributed by atoms with Crippen molar-refractivity contribution >= 4 is 40.8 Å². The quantitative estimate of drug-likeness (QED) is 0.278. The van der Waals surface area contributed by atoms with Crippen molar-refractivity contribution in [3.63, 3.8) is 0 Å². The van der Waals surface area contributed by atoms with Crippen LogP contribution >= 0.6 is 23.2 Å². The van der Waals surface area contributed by atoms with Gasteiger partial charge in [0.05, 0.1) is 39.7 Å². The summed E-state index contributed by atoms with van der Waals surface area (Å²) >= 11 is 12.7. The molecule has 1 atom stereocenters. The monoisotopic (exact) mass is 525 g/mol. The Balaban J connectivity index is 1.67. The Morgan fingerprint density at radius 2 is 1.72 bits per heavy atom. The highest BCUT2D eigenvalue weighted by Gasteiger charge is 2.21. The summed E-state index contributed by atoms with van der Waals surface area (Å²) in [5.74, 6) is -0.923. The summed E-state index contributed by atoms with van der Waals surface area (Å²) in [6.07, 6.45) is 0.509. The first kappa shape index (κ1) is 25.3. The molecule has 36 heavy (non-hydrogen) atoms. The van der Waals surface area contributed by atoms with Gasteiger partial charge in [0, 0.05) is 24.4 Å². The highest BCUT2D eigenvalue weighted by Crippen LogP contribution is 2.32. The third-order valence-corrected chi connectivity index (χ3v) is 5.76. The van der Waals surface area contributed by atoms with Crippen molar-refractivity contribution in [1.82, 2.24) is 20.1 Å². The lowest BCUT2D eigenvalue weighted by Gasteiger charge is -2.12. The van der Waals surface area contributed by atoms with E-state index in [1.165, 1.54) is 16.8 Å². The predicted molar refractivity (Wildman–Crippen MR) is 137 cm³/mol. The Kier molecular flexibility index (Phi) is 7.97. The number of carbonyl (C=O) groups excluding carboxylic acids is 2. The van der Waals surface area contributed by atoms with Crippen LogP contribution in [0, 0.1) is 0 Å². The zero-order valence-electron chi connectivity index (χ0n) is 18.7. The van der Waals surface area contributed by atoms with Gasteiger partial charge in [0.2, 0.25) is 0 Å². The van der Waals surface area contributed by atoms with Crippen molar-refractivity contribution in [2.75, 3.05) is 18.5 Å². The average Bonchev–Trinajstić information content (AvgIpc) is 3.31. The molecule has 0 unspecified atom stereocenters. The molecule has 2 aromatic heterocycles. The van der Waals surface area contributed by atoms with E-state index in [-0.39, 0.29) is 28.6 Å². The van der Waals surface area contributed by atoms with E-state index in [9.17, 15) is 14.7 Å². The van der Waals surface area contributed by atoms with E-state index in [4.69, 9.17) is 28.3 Å². The minimum atomic E-state index is -1.11. The summed E-state index contributed by atoms with van der Waals surface area (Å²) in [5.41, 5.74) is 1.85. The van der Waals surface area contributed by atoms with Crippen LogP contribution in [0.4, 0.5) is 5.82 Å². The molecule has 9 nitrogen and oxygen atoms in total. The Bertz CT molecular complexity index is 1380. The molecule has 4 aromatic rings.